The molecule has 0 unspecified atom stereocenters. The van der Waals surface area contributed by atoms with Crippen LogP contribution >= 0.6 is 12.2 Å². The Kier molecular flexibility index (Phi) is 6.36. The fourth-order valence-corrected chi connectivity index (χ4v) is 3.21. The van der Waals surface area contributed by atoms with Gasteiger partial charge in [0.2, 0.25) is 0 Å². The molecule has 0 atom stereocenters. The summed E-state index contributed by atoms with van der Waals surface area (Å²) < 4.78 is 7.28. The summed E-state index contributed by atoms with van der Waals surface area (Å²) in [6.07, 6.45) is 5.61. The molecule has 0 aliphatic carbocycles. The molecule has 1 aromatic carbocycles. The molecule has 134 valence electrons. The lowest BCUT2D eigenvalue weighted by molar-refractivity contribution is 0.196. The molecule has 0 bridgehead atoms. The van der Waals surface area contributed by atoms with Gasteiger partial charge in [-0.3, -0.25) is 0 Å². The Hall–Kier alpha value is -1.99. The first kappa shape index (κ1) is 17.8. The molecular formula is C18H25N5OS. The van der Waals surface area contributed by atoms with Crippen molar-refractivity contribution in [1.29, 1.82) is 0 Å². The number of aryl methyl sites for hydroxylation is 1. The monoisotopic (exact) mass is 359 g/mol. The van der Waals surface area contributed by atoms with Gasteiger partial charge in [0, 0.05) is 44.5 Å². The number of rotatable bonds is 6. The molecule has 2 heterocycles. The zero-order chi connectivity index (χ0) is 17.5. The van der Waals surface area contributed by atoms with Crippen molar-refractivity contribution in [3.63, 3.8) is 0 Å². The zero-order valence-electron chi connectivity index (χ0n) is 14.6. The Balaban J connectivity index is 1.61. The zero-order valence-corrected chi connectivity index (χ0v) is 15.4. The molecule has 6 nitrogen and oxygen atoms in total. The Morgan fingerprint density at radius 1 is 1.20 bits per heavy atom. The summed E-state index contributed by atoms with van der Waals surface area (Å²) in [7, 11) is 1.70. The van der Waals surface area contributed by atoms with Crippen molar-refractivity contribution in [2.45, 2.75) is 38.6 Å². The van der Waals surface area contributed by atoms with Crippen LogP contribution in [0.2, 0.25) is 0 Å². The van der Waals surface area contributed by atoms with E-state index in [1.807, 2.05) is 12.1 Å². The Morgan fingerprint density at radius 3 is 2.84 bits per heavy atom. The largest absolute Gasteiger partial charge is 0.385 e. The van der Waals surface area contributed by atoms with Crippen LogP contribution in [-0.4, -0.2) is 40.1 Å². The number of ether oxygens (including phenoxy) is 1. The van der Waals surface area contributed by atoms with E-state index in [-0.39, 0.29) is 0 Å². The summed E-state index contributed by atoms with van der Waals surface area (Å²) in [4.78, 5) is 0. The molecule has 0 spiro atoms. The third-order valence-corrected chi connectivity index (χ3v) is 4.57. The second-order valence-corrected chi connectivity index (χ2v) is 6.61. The number of thiocarbonyl (C=S) groups is 1. The maximum atomic E-state index is 5.30. The highest BCUT2D eigenvalue weighted by molar-refractivity contribution is 7.80. The lowest BCUT2D eigenvalue weighted by Gasteiger charge is -2.11. The van der Waals surface area contributed by atoms with Gasteiger partial charge in [-0.1, -0.05) is 6.42 Å². The van der Waals surface area contributed by atoms with Gasteiger partial charge in [-0.05, 0) is 55.7 Å². The van der Waals surface area contributed by atoms with Crippen molar-refractivity contribution in [3.8, 4) is 11.4 Å². The van der Waals surface area contributed by atoms with Crippen LogP contribution in [0.25, 0.3) is 11.4 Å². The van der Waals surface area contributed by atoms with Crippen molar-refractivity contribution in [3.05, 3.63) is 30.1 Å². The van der Waals surface area contributed by atoms with Crippen LogP contribution in [0, 0.1) is 0 Å². The van der Waals surface area contributed by atoms with Crippen molar-refractivity contribution in [1.82, 2.24) is 20.1 Å². The standard InChI is InChI=1S/C18H25N5OS/c1-24-13-5-11-19-18(25)20-15-9-7-14(8-10-15)17-22-21-16-6-3-2-4-12-23(16)17/h7-10H,2-6,11-13H2,1H3,(H2,19,20,25). The molecular weight excluding hydrogens is 334 g/mol. The molecule has 0 saturated carbocycles. The molecule has 2 aromatic rings. The minimum Gasteiger partial charge on any atom is -0.385 e. The van der Waals surface area contributed by atoms with Crippen LogP contribution in [0.1, 0.15) is 31.5 Å². The number of nitrogens with zero attached hydrogens (tertiary/aromatic N) is 3. The highest BCUT2D eigenvalue weighted by Crippen LogP contribution is 2.23. The average molecular weight is 359 g/mol. The minimum absolute atomic E-state index is 0.625. The molecule has 3 rings (SSSR count). The molecule has 0 amide bonds. The van der Waals surface area contributed by atoms with E-state index in [2.05, 4.69) is 37.5 Å². The molecule has 7 heteroatoms. The molecule has 1 aromatic heterocycles. The number of hydrogen-bond donors (Lipinski definition) is 2. The van der Waals surface area contributed by atoms with Gasteiger partial charge >= 0.3 is 0 Å². The van der Waals surface area contributed by atoms with E-state index in [9.17, 15) is 0 Å². The fourth-order valence-electron chi connectivity index (χ4n) is 2.99. The van der Waals surface area contributed by atoms with E-state index >= 15 is 0 Å². The highest BCUT2D eigenvalue weighted by Gasteiger charge is 2.15. The fraction of sp³-hybridized carbons (Fsp3) is 0.500. The smallest absolute Gasteiger partial charge is 0.170 e. The van der Waals surface area contributed by atoms with E-state index in [0.717, 1.165) is 55.4 Å². The minimum atomic E-state index is 0.625. The number of nitrogens with one attached hydrogen (secondary N) is 2. The normalized spacial score (nSPS) is 13.8. The molecule has 1 aliphatic heterocycles. The molecule has 0 radical (unpaired) electrons. The quantitative estimate of drug-likeness (QED) is 0.611. The van der Waals surface area contributed by atoms with E-state index in [4.69, 9.17) is 17.0 Å². The SMILES string of the molecule is COCCCNC(=S)Nc1ccc(-c2nnc3n2CCCCC3)cc1. The lowest BCUT2D eigenvalue weighted by Crippen LogP contribution is -2.29. The second kappa shape index (κ2) is 8.92. The van der Waals surface area contributed by atoms with Crippen LogP contribution in [0.3, 0.4) is 0 Å². The van der Waals surface area contributed by atoms with Crippen LogP contribution in [0.5, 0.6) is 0 Å². The number of fused-ring (bicyclic) bond motifs is 1. The van der Waals surface area contributed by atoms with E-state index < -0.39 is 0 Å². The summed E-state index contributed by atoms with van der Waals surface area (Å²) in [5, 5.41) is 15.8. The second-order valence-electron chi connectivity index (χ2n) is 6.21. The first-order valence-corrected chi connectivity index (χ1v) is 9.25. The van der Waals surface area contributed by atoms with Crippen LogP contribution in [0.4, 0.5) is 5.69 Å². The van der Waals surface area contributed by atoms with E-state index in [1.165, 1.54) is 19.3 Å². The summed E-state index contributed by atoms with van der Waals surface area (Å²) in [5.41, 5.74) is 2.05. The number of aromatic nitrogens is 3. The highest BCUT2D eigenvalue weighted by atomic mass is 32.1. The number of methoxy groups -OCH3 is 1. The topological polar surface area (TPSA) is 64.0 Å². The Labute approximate surface area is 154 Å². The lowest BCUT2D eigenvalue weighted by atomic mass is 10.2. The maximum absolute atomic E-state index is 5.30. The first-order valence-electron chi connectivity index (χ1n) is 8.84. The van der Waals surface area contributed by atoms with Gasteiger partial charge in [-0.15, -0.1) is 10.2 Å². The Morgan fingerprint density at radius 2 is 2.04 bits per heavy atom. The maximum Gasteiger partial charge on any atom is 0.170 e. The first-order chi connectivity index (χ1) is 12.3. The number of hydrogen-bond acceptors (Lipinski definition) is 4. The van der Waals surface area contributed by atoms with Crippen LogP contribution in [0.15, 0.2) is 24.3 Å². The van der Waals surface area contributed by atoms with Crippen LogP contribution in [-0.2, 0) is 17.7 Å². The van der Waals surface area contributed by atoms with Crippen molar-refractivity contribution in [2.75, 3.05) is 25.6 Å². The number of anilines is 1. The number of benzene rings is 1. The molecule has 25 heavy (non-hydrogen) atoms. The Bertz CT molecular complexity index is 698. The van der Waals surface area contributed by atoms with Crippen LogP contribution < -0.4 is 10.6 Å². The van der Waals surface area contributed by atoms with Gasteiger partial charge in [0.25, 0.3) is 0 Å². The summed E-state index contributed by atoms with van der Waals surface area (Å²) >= 11 is 5.30. The summed E-state index contributed by atoms with van der Waals surface area (Å²) in [6, 6.07) is 8.18. The van der Waals surface area contributed by atoms with E-state index in [0.29, 0.717) is 5.11 Å². The van der Waals surface area contributed by atoms with E-state index in [1.54, 1.807) is 7.11 Å². The van der Waals surface area contributed by atoms with Gasteiger partial charge < -0.3 is 19.9 Å². The predicted molar refractivity (Wildman–Crippen MR) is 104 cm³/mol. The van der Waals surface area contributed by atoms with Gasteiger partial charge in [-0.25, -0.2) is 0 Å². The van der Waals surface area contributed by atoms with Gasteiger partial charge in [0.15, 0.2) is 10.9 Å². The van der Waals surface area contributed by atoms with Crippen molar-refractivity contribution < 1.29 is 4.74 Å². The third kappa shape index (κ3) is 4.76. The van der Waals surface area contributed by atoms with Gasteiger partial charge in [0.05, 0.1) is 0 Å². The van der Waals surface area contributed by atoms with Crippen molar-refractivity contribution >= 4 is 23.0 Å². The summed E-state index contributed by atoms with van der Waals surface area (Å²) in [6.45, 7) is 2.53. The molecule has 0 saturated heterocycles. The third-order valence-electron chi connectivity index (χ3n) is 4.32. The van der Waals surface area contributed by atoms with Gasteiger partial charge in [-0.2, -0.15) is 0 Å². The molecule has 1 aliphatic rings. The van der Waals surface area contributed by atoms with Crippen molar-refractivity contribution in [2.24, 2.45) is 0 Å². The molecule has 0 fully saturated rings. The molecule has 2 N–H and O–H groups in total. The average Bonchev–Trinajstić information content (AvgIpc) is 2.88. The predicted octanol–water partition coefficient (Wildman–Crippen LogP) is 2.99. The van der Waals surface area contributed by atoms with Gasteiger partial charge in [0.1, 0.15) is 5.82 Å². The summed E-state index contributed by atoms with van der Waals surface area (Å²) in [5.74, 6) is 2.07.